The van der Waals surface area contributed by atoms with Crippen molar-refractivity contribution < 1.29 is 19.5 Å². The molecule has 0 saturated carbocycles. The number of carbonyl (C=O) groups is 3. The molecule has 0 saturated heterocycles. The third-order valence-electron chi connectivity index (χ3n) is 2.42. The number of rotatable bonds is 8. The fraction of sp³-hybridized carbons (Fsp3) is 0.308. The summed E-state index contributed by atoms with van der Waals surface area (Å²) in [6, 6.07) is 2.47. The van der Waals surface area contributed by atoms with Crippen molar-refractivity contribution >= 4 is 29.1 Å². The smallest absolute Gasteiger partial charge is 0.326 e. The molecule has 0 fully saturated rings. The molecule has 0 spiro atoms. The van der Waals surface area contributed by atoms with E-state index in [1.165, 1.54) is 17.4 Å². The molecule has 0 bridgehead atoms. The van der Waals surface area contributed by atoms with Crippen LogP contribution in [0, 0.1) is 0 Å². The summed E-state index contributed by atoms with van der Waals surface area (Å²) in [5, 5.41) is 15.6. The predicted octanol–water partition coefficient (Wildman–Crippen LogP) is 1.01. The van der Waals surface area contributed by atoms with Crippen LogP contribution < -0.4 is 10.6 Å². The maximum absolute atomic E-state index is 11.6. The molecule has 20 heavy (non-hydrogen) atoms. The van der Waals surface area contributed by atoms with Crippen molar-refractivity contribution in [2.75, 3.05) is 6.54 Å². The van der Waals surface area contributed by atoms with E-state index in [1.54, 1.807) is 17.5 Å². The summed E-state index contributed by atoms with van der Waals surface area (Å²) in [4.78, 5) is 34.5. The zero-order valence-corrected chi connectivity index (χ0v) is 11.6. The third kappa shape index (κ3) is 5.23. The van der Waals surface area contributed by atoms with Crippen LogP contribution in [0.5, 0.6) is 0 Å². The van der Waals surface area contributed by atoms with E-state index >= 15 is 0 Å². The topological polar surface area (TPSA) is 95.5 Å². The van der Waals surface area contributed by atoms with E-state index in [-0.39, 0.29) is 25.3 Å². The van der Waals surface area contributed by atoms with Gasteiger partial charge in [-0.25, -0.2) is 4.79 Å². The summed E-state index contributed by atoms with van der Waals surface area (Å²) < 4.78 is 0. The van der Waals surface area contributed by atoms with Gasteiger partial charge in [0.2, 0.25) is 5.91 Å². The lowest BCUT2D eigenvalue weighted by Gasteiger charge is -2.12. The van der Waals surface area contributed by atoms with E-state index in [4.69, 9.17) is 5.11 Å². The zero-order chi connectivity index (χ0) is 15.0. The van der Waals surface area contributed by atoms with Gasteiger partial charge in [-0.05, 0) is 17.9 Å². The Bertz CT molecular complexity index is 485. The molecule has 0 radical (unpaired) electrons. The summed E-state index contributed by atoms with van der Waals surface area (Å²) in [6.45, 7) is 3.59. The number of carboxylic acid groups (broad SMARTS) is 1. The molecule has 108 valence electrons. The first-order valence-electron chi connectivity index (χ1n) is 5.99. The number of carbonyl (C=O) groups excluding carboxylic acids is 2. The fourth-order valence-corrected chi connectivity index (χ4v) is 2.08. The van der Waals surface area contributed by atoms with Gasteiger partial charge in [-0.2, -0.15) is 0 Å². The highest BCUT2D eigenvalue weighted by molar-refractivity contribution is 7.12. The first-order valence-corrected chi connectivity index (χ1v) is 6.87. The second-order valence-corrected chi connectivity index (χ2v) is 4.91. The molecule has 0 aliphatic heterocycles. The Morgan fingerprint density at radius 1 is 1.45 bits per heavy atom. The Kier molecular flexibility index (Phi) is 6.45. The molecule has 0 aliphatic carbocycles. The third-order valence-corrected chi connectivity index (χ3v) is 3.29. The molecule has 0 aliphatic rings. The molecule has 6 nitrogen and oxygen atoms in total. The molecule has 1 aromatic rings. The van der Waals surface area contributed by atoms with Crippen molar-refractivity contribution in [1.29, 1.82) is 0 Å². The van der Waals surface area contributed by atoms with Gasteiger partial charge in [0.15, 0.2) is 0 Å². The molecule has 1 aromatic heterocycles. The van der Waals surface area contributed by atoms with Crippen LogP contribution in [0.3, 0.4) is 0 Å². The van der Waals surface area contributed by atoms with Gasteiger partial charge in [0, 0.05) is 13.0 Å². The highest BCUT2D eigenvalue weighted by Crippen LogP contribution is 2.07. The minimum Gasteiger partial charge on any atom is -0.480 e. The molecule has 0 aromatic carbocycles. The maximum atomic E-state index is 11.6. The van der Waals surface area contributed by atoms with Crippen molar-refractivity contribution in [3.8, 4) is 0 Å². The van der Waals surface area contributed by atoms with Crippen molar-refractivity contribution in [3.63, 3.8) is 0 Å². The zero-order valence-electron chi connectivity index (χ0n) is 10.8. The molecular weight excluding hydrogens is 280 g/mol. The largest absolute Gasteiger partial charge is 0.480 e. The van der Waals surface area contributed by atoms with E-state index in [2.05, 4.69) is 17.2 Å². The van der Waals surface area contributed by atoms with Crippen LogP contribution in [0.2, 0.25) is 0 Å². The number of thiophene rings is 1. The first kappa shape index (κ1) is 15.9. The summed E-state index contributed by atoms with van der Waals surface area (Å²) >= 11 is 1.31. The van der Waals surface area contributed by atoms with Crippen molar-refractivity contribution in [2.24, 2.45) is 0 Å². The second-order valence-electron chi connectivity index (χ2n) is 3.97. The normalized spacial score (nSPS) is 11.4. The molecule has 1 rings (SSSR count). The molecule has 1 unspecified atom stereocenters. The van der Waals surface area contributed by atoms with Gasteiger partial charge in [-0.3, -0.25) is 9.59 Å². The van der Waals surface area contributed by atoms with E-state index in [0.29, 0.717) is 4.88 Å². The Balaban J connectivity index is 2.31. The van der Waals surface area contributed by atoms with Gasteiger partial charge in [-0.15, -0.1) is 17.9 Å². The van der Waals surface area contributed by atoms with Gasteiger partial charge in [0.25, 0.3) is 5.91 Å². The number of carboxylic acids is 1. The van der Waals surface area contributed by atoms with Gasteiger partial charge in [0.1, 0.15) is 6.04 Å². The van der Waals surface area contributed by atoms with Crippen LogP contribution in [0.25, 0.3) is 0 Å². The summed E-state index contributed by atoms with van der Waals surface area (Å²) in [6.07, 6.45) is 1.61. The van der Waals surface area contributed by atoms with E-state index in [1.807, 2.05) is 0 Å². The van der Waals surface area contributed by atoms with Crippen molar-refractivity contribution in [3.05, 3.63) is 35.0 Å². The van der Waals surface area contributed by atoms with E-state index in [0.717, 1.165) is 0 Å². The summed E-state index contributed by atoms with van der Waals surface area (Å²) in [7, 11) is 0. The number of amides is 2. The van der Waals surface area contributed by atoms with E-state index < -0.39 is 17.9 Å². The lowest BCUT2D eigenvalue weighted by molar-refractivity contribution is -0.141. The quantitative estimate of drug-likeness (QED) is 0.624. The SMILES string of the molecule is C=CCC(NC(=O)CCNC(=O)c1cccs1)C(=O)O. The highest BCUT2D eigenvalue weighted by Gasteiger charge is 2.18. The van der Waals surface area contributed by atoms with Gasteiger partial charge in [-0.1, -0.05) is 12.1 Å². The van der Waals surface area contributed by atoms with Crippen LogP contribution in [0.4, 0.5) is 0 Å². The molecule has 7 heteroatoms. The lowest BCUT2D eigenvalue weighted by atomic mass is 10.2. The Labute approximate surface area is 120 Å². The predicted molar refractivity (Wildman–Crippen MR) is 75.6 cm³/mol. The molecule has 3 N–H and O–H groups in total. The second kappa shape index (κ2) is 8.11. The Hall–Kier alpha value is -2.15. The van der Waals surface area contributed by atoms with Crippen LogP contribution in [-0.4, -0.2) is 35.5 Å². The standard InChI is InChI=1S/C13H16N2O4S/c1-2-4-9(13(18)19)15-11(16)6-7-14-12(17)10-5-3-8-20-10/h2-3,5,8-9H,1,4,6-7H2,(H,14,17)(H,15,16)(H,18,19). The Morgan fingerprint density at radius 3 is 2.75 bits per heavy atom. The van der Waals surface area contributed by atoms with Crippen molar-refractivity contribution in [1.82, 2.24) is 10.6 Å². The van der Waals surface area contributed by atoms with Gasteiger partial charge >= 0.3 is 5.97 Å². The molecule has 1 heterocycles. The number of aliphatic carboxylic acids is 1. The van der Waals surface area contributed by atoms with Crippen molar-refractivity contribution in [2.45, 2.75) is 18.9 Å². The van der Waals surface area contributed by atoms with Crippen LogP contribution in [0.15, 0.2) is 30.2 Å². The lowest BCUT2D eigenvalue weighted by Crippen LogP contribution is -2.41. The Morgan fingerprint density at radius 2 is 2.20 bits per heavy atom. The molecule has 1 atom stereocenters. The fourth-order valence-electron chi connectivity index (χ4n) is 1.44. The van der Waals surface area contributed by atoms with Gasteiger partial charge < -0.3 is 15.7 Å². The summed E-state index contributed by atoms with van der Waals surface area (Å²) in [5.74, 6) is -1.78. The number of hydrogen-bond donors (Lipinski definition) is 3. The average molecular weight is 296 g/mol. The van der Waals surface area contributed by atoms with Crippen LogP contribution >= 0.6 is 11.3 Å². The van der Waals surface area contributed by atoms with Crippen LogP contribution in [0.1, 0.15) is 22.5 Å². The number of nitrogens with one attached hydrogen (secondary N) is 2. The number of hydrogen-bond acceptors (Lipinski definition) is 4. The minimum atomic E-state index is -1.11. The minimum absolute atomic E-state index is 0.0258. The summed E-state index contributed by atoms with van der Waals surface area (Å²) in [5.41, 5.74) is 0. The first-order chi connectivity index (χ1) is 9.54. The van der Waals surface area contributed by atoms with Gasteiger partial charge in [0.05, 0.1) is 4.88 Å². The maximum Gasteiger partial charge on any atom is 0.326 e. The van der Waals surface area contributed by atoms with E-state index in [9.17, 15) is 14.4 Å². The molecule has 2 amide bonds. The highest BCUT2D eigenvalue weighted by atomic mass is 32.1. The average Bonchev–Trinajstić information content (AvgIpc) is 2.91. The monoisotopic (exact) mass is 296 g/mol. The molecular formula is C13H16N2O4S. The van der Waals surface area contributed by atoms with Crippen LogP contribution in [-0.2, 0) is 9.59 Å².